The summed E-state index contributed by atoms with van der Waals surface area (Å²) in [6.07, 6.45) is 1.83. The molecule has 6 nitrogen and oxygen atoms in total. The Morgan fingerprint density at radius 3 is 2.48 bits per heavy atom. The Hall–Kier alpha value is -1.60. The van der Waals surface area contributed by atoms with Crippen molar-refractivity contribution in [2.24, 2.45) is 4.99 Å². The molecule has 130 valence electrons. The van der Waals surface area contributed by atoms with E-state index in [2.05, 4.69) is 51.1 Å². The molecule has 0 saturated carbocycles. The molecule has 1 aromatic carbocycles. The van der Waals surface area contributed by atoms with E-state index in [1.807, 2.05) is 14.0 Å². The highest BCUT2D eigenvalue weighted by atomic mass is 32.2. The SMILES string of the molecule is CCNC(=NCCCNS(C)(=O)=O)N(C)Cc1ccc(C)cc1. The molecule has 0 saturated heterocycles. The number of rotatable bonds is 8. The molecule has 0 heterocycles. The molecule has 0 aliphatic carbocycles. The Labute approximate surface area is 140 Å². The van der Waals surface area contributed by atoms with Gasteiger partial charge in [-0.2, -0.15) is 0 Å². The molecule has 23 heavy (non-hydrogen) atoms. The summed E-state index contributed by atoms with van der Waals surface area (Å²) in [5.74, 6) is 0.826. The molecular weight excluding hydrogens is 312 g/mol. The van der Waals surface area contributed by atoms with Crippen LogP contribution in [0.1, 0.15) is 24.5 Å². The Kier molecular flexibility index (Phi) is 8.05. The molecule has 0 fully saturated rings. The monoisotopic (exact) mass is 340 g/mol. The van der Waals surface area contributed by atoms with Crippen LogP contribution >= 0.6 is 0 Å². The van der Waals surface area contributed by atoms with Crippen LogP contribution in [0.5, 0.6) is 0 Å². The van der Waals surface area contributed by atoms with Gasteiger partial charge in [-0.15, -0.1) is 0 Å². The maximum absolute atomic E-state index is 11.0. The molecular formula is C16H28N4O2S. The highest BCUT2D eigenvalue weighted by molar-refractivity contribution is 7.88. The lowest BCUT2D eigenvalue weighted by Gasteiger charge is -2.22. The van der Waals surface area contributed by atoms with Crippen molar-refractivity contribution in [3.8, 4) is 0 Å². The van der Waals surface area contributed by atoms with E-state index in [1.165, 1.54) is 11.1 Å². The van der Waals surface area contributed by atoms with Crippen LogP contribution in [0.3, 0.4) is 0 Å². The van der Waals surface area contributed by atoms with Gasteiger partial charge in [0.15, 0.2) is 5.96 Å². The quantitative estimate of drug-likeness (QED) is 0.425. The van der Waals surface area contributed by atoms with Gasteiger partial charge in [-0.1, -0.05) is 29.8 Å². The fraction of sp³-hybridized carbons (Fsp3) is 0.562. The molecule has 0 spiro atoms. The van der Waals surface area contributed by atoms with Gasteiger partial charge < -0.3 is 10.2 Å². The van der Waals surface area contributed by atoms with Gasteiger partial charge in [-0.3, -0.25) is 4.99 Å². The molecule has 0 aliphatic heterocycles. The smallest absolute Gasteiger partial charge is 0.208 e. The van der Waals surface area contributed by atoms with Crippen molar-refractivity contribution in [2.45, 2.75) is 26.8 Å². The highest BCUT2D eigenvalue weighted by Gasteiger charge is 2.06. The van der Waals surface area contributed by atoms with Gasteiger partial charge in [-0.25, -0.2) is 13.1 Å². The van der Waals surface area contributed by atoms with E-state index in [9.17, 15) is 8.42 Å². The number of sulfonamides is 1. The third kappa shape index (κ3) is 8.56. The van der Waals surface area contributed by atoms with Crippen LogP contribution in [0.15, 0.2) is 29.3 Å². The third-order valence-corrected chi connectivity index (χ3v) is 3.93. The van der Waals surface area contributed by atoms with E-state index in [0.717, 1.165) is 25.3 Å². The fourth-order valence-electron chi connectivity index (χ4n) is 2.03. The molecule has 1 rings (SSSR count). The van der Waals surface area contributed by atoms with E-state index in [4.69, 9.17) is 0 Å². The van der Waals surface area contributed by atoms with Crippen molar-refractivity contribution < 1.29 is 8.42 Å². The van der Waals surface area contributed by atoms with E-state index in [1.54, 1.807) is 0 Å². The first-order valence-corrected chi connectivity index (χ1v) is 9.70. The molecule has 2 N–H and O–H groups in total. The fourth-order valence-corrected chi connectivity index (χ4v) is 2.55. The predicted octanol–water partition coefficient (Wildman–Crippen LogP) is 1.33. The average molecular weight is 340 g/mol. The lowest BCUT2D eigenvalue weighted by Crippen LogP contribution is -2.38. The first kappa shape index (κ1) is 19.4. The van der Waals surface area contributed by atoms with E-state index in [-0.39, 0.29) is 0 Å². The van der Waals surface area contributed by atoms with Crippen LogP contribution in [0.25, 0.3) is 0 Å². The van der Waals surface area contributed by atoms with Gasteiger partial charge >= 0.3 is 0 Å². The second-order valence-corrected chi connectivity index (χ2v) is 7.43. The maximum Gasteiger partial charge on any atom is 0.208 e. The Balaban J connectivity index is 2.54. The first-order valence-electron chi connectivity index (χ1n) is 7.81. The number of nitrogens with one attached hydrogen (secondary N) is 2. The topological polar surface area (TPSA) is 73.8 Å². The van der Waals surface area contributed by atoms with Crippen LogP contribution in [-0.4, -0.2) is 52.2 Å². The van der Waals surface area contributed by atoms with Gasteiger partial charge in [0, 0.05) is 33.2 Å². The van der Waals surface area contributed by atoms with Crippen molar-refractivity contribution in [1.82, 2.24) is 14.9 Å². The molecule has 0 bridgehead atoms. The third-order valence-electron chi connectivity index (χ3n) is 3.20. The van der Waals surface area contributed by atoms with Crippen molar-refractivity contribution in [1.29, 1.82) is 0 Å². The molecule has 0 unspecified atom stereocenters. The summed E-state index contributed by atoms with van der Waals surface area (Å²) < 4.78 is 24.5. The molecule has 0 amide bonds. The highest BCUT2D eigenvalue weighted by Crippen LogP contribution is 2.06. The number of guanidine groups is 1. The molecule has 0 radical (unpaired) electrons. The van der Waals surface area contributed by atoms with Crippen LogP contribution in [0.4, 0.5) is 0 Å². The van der Waals surface area contributed by atoms with E-state index >= 15 is 0 Å². The Morgan fingerprint density at radius 1 is 1.26 bits per heavy atom. The zero-order valence-corrected chi connectivity index (χ0v) is 15.3. The van der Waals surface area contributed by atoms with Crippen molar-refractivity contribution in [2.75, 3.05) is 32.9 Å². The van der Waals surface area contributed by atoms with Crippen molar-refractivity contribution in [3.63, 3.8) is 0 Å². The van der Waals surface area contributed by atoms with Crippen LogP contribution in [0.2, 0.25) is 0 Å². The second kappa shape index (κ2) is 9.52. The summed E-state index contributed by atoms with van der Waals surface area (Å²) in [6.45, 7) is 6.64. The number of hydrogen-bond acceptors (Lipinski definition) is 3. The Morgan fingerprint density at radius 2 is 1.91 bits per heavy atom. The molecule has 0 aliphatic rings. The summed E-state index contributed by atoms with van der Waals surface area (Å²) in [4.78, 5) is 6.61. The normalized spacial score (nSPS) is 12.3. The van der Waals surface area contributed by atoms with Crippen LogP contribution in [0, 0.1) is 6.92 Å². The summed E-state index contributed by atoms with van der Waals surface area (Å²) in [5.41, 5.74) is 2.47. The maximum atomic E-state index is 11.0. The summed E-state index contributed by atoms with van der Waals surface area (Å²) in [7, 11) is -1.12. The number of nitrogens with zero attached hydrogens (tertiary/aromatic N) is 2. The van der Waals surface area contributed by atoms with Gasteiger partial charge in [0.1, 0.15) is 0 Å². The molecule has 1 aromatic rings. The minimum absolute atomic E-state index is 0.406. The van der Waals surface area contributed by atoms with E-state index < -0.39 is 10.0 Å². The Bertz CT molecular complexity index is 597. The summed E-state index contributed by atoms with van der Waals surface area (Å²) in [5, 5.41) is 3.26. The number of aryl methyl sites for hydroxylation is 1. The lowest BCUT2D eigenvalue weighted by molar-refractivity contribution is 0.476. The number of hydrogen-bond donors (Lipinski definition) is 2. The van der Waals surface area contributed by atoms with E-state index in [0.29, 0.717) is 19.5 Å². The van der Waals surface area contributed by atoms with Crippen LogP contribution < -0.4 is 10.0 Å². The summed E-state index contributed by atoms with van der Waals surface area (Å²) >= 11 is 0. The molecule has 0 atom stereocenters. The molecule has 7 heteroatoms. The average Bonchev–Trinajstić information content (AvgIpc) is 2.47. The summed E-state index contributed by atoms with van der Waals surface area (Å²) in [6, 6.07) is 8.44. The number of aliphatic imine (C=N–C) groups is 1. The van der Waals surface area contributed by atoms with Crippen LogP contribution in [-0.2, 0) is 16.6 Å². The largest absolute Gasteiger partial charge is 0.357 e. The number of benzene rings is 1. The minimum Gasteiger partial charge on any atom is -0.357 e. The lowest BCUT2D eigenvalue weighted by atomic mass is 10.1. The molecule has 0 aromatic heterocycles. The first-order chi connectivity index (χ1) is 10.8. The van der Waals surface area contributed by atoms with Crippen molar-refractivity contribution in [3.05, 3.63) is 35.4 Å². The second-order valence-electron chi connectivity index (χ2n) is 5.60. The van der Waals surface area contributed by atoms with Crippen molar-refractivity contribution >= 4 is 16.0 Å². The zero-order chi connectivity index (χ0) is 17.3. The van der Waals surface area contributed by atoms with Gasteiger partial charge in [0.25, 0.3) is 0 Å². The predicted molar refractivity (Wildman–Crippen MR) is 96.1 cm³/mol. The van der Waals surface area contributed by atoms with Gasteiger partial charge in [-0.05, 0) is 25.8 Å². The van der Waals surface area contributed by atoms with Gasteiger partial charge in [0.05, 0.1) is 6.26 Å². The van der Waals surface area contributed by atoms with Gasteiger partial charge in [0.2, 0.25) is 10.0 Å². The standard InChI is InChI=1S/C16H28N4O2S/c1-5-17-16(18-11-6-12-19-23(4,21)22)20(3)13-15-9-7-14(2)8-10-15/h7-10,19H,5-6,11-13H2,1-4H3,(H,17,18). The zero-order valence-electron chi connectivity index (χ0n) is 14.5. The minimum atomic E-state index is -3.12.